The zero-order chi connectivity index (χ0) is 20.7. The monoisotopic (exact) mass is 425 g/mol. The first-order valence-electron chi connectivity index (χ1n) is 9.23. The lowest BCUT2D eigenvalue weighted by Crippen LogP contribution is -2.61. The second kappa shape index (κ2) is 7.65. The van der Waals surface area contributed by atoms with Crippen LogP contribution in [0.3, 0.4) is 0 Å². The van der Waals surface area contributed by atoms with E-state index in [0.717, 1.165) is 12.8 Å². The summed E-state index contributed by atoms with van der Waals surface area (Å²) in [6, 6.07) is 5.21. The normalized spacial score (nSPS) is 19.4. The number of benzene rings is 1. The molecule has 0 atom stereocenters. The van der Waals surface area contributed by atoms with Gasteiger partial charge in [-0.15, -0.1) is 0 Å². The third-order valence-corrected chi connectivity index (χ3v) is 6.31. The molecule has 28 heavy (non-hydrogen) atoms. The van der Waals surface area contributed by atoms with Crippen LogP contribution in [-0.4, -0.2) is 39.0 Å². The minimum absolute atomic E-state index is 0.00986. The molecule has 1 aromatic carbocycles. The number of nitrogens with one attached hydrogen (secondary N) is 2. The summed E-state index contributed by atoms with van der Waals surface area (Å²) in [5.74, 6) is 0.00155. The molecule has 0 spiro atoms. The van der Waals surface area contributed by atoms with Gasteiger partial charge < -0.3 is 10.6 Å². The topological polar surface area (TPSA) is 53.1 Å². The zero-order valence-corrected chi connectivity index (χ0v) is 18.3. The molecule has 3 rings (SSSR count). The van der Waals surface area contributed by atoms with E-state index in [0.29, 0.717) is 15.7 Å². The summed E-state index contributed by atoms with van der Waals surface area (Å²) in [6.07, 6.45) is 2.93. The number of halogens is 3. The molecular formula is C20H26Cl2FN5. The molecule has 1 saturated heterocycles. The first-order chi connectivity index (χ1) is 13.0. The highest BCUT2D eigenvalue weighted by atomic mass is 35.5. The Morgan fingerprint density at radius 2 is 1.75 bits per heavy atom. The van der Waals surface area contributed by atoms with E-state index in [4.69, 9.17) is 23.2 Å². The van der Waals surface area contributed by atoms with E-state index in [9.17, 15) is 4.39 Å². The fourth-order valence-electron chi connectivity index (χ4n) is 3.90. The molecule has 0 unspecified atom stereocenters. The second-order valence-electron chi connectivity index (χ2n) is 8.58. The van der Waals surface area contributed by atoms with Crippen molar-refractivity contribution in [1.82, 2.24) is 14.9 Å². The van der Waals surface area contributed by atoms with Gasteiger partial charge in [-0.25, -0.2) is 9.37 Å². The van der Waals surface area contributed by atoms with Crippen molar-refractivity contribution in [3.8, 4) is 0 Å². The predicted octanol–water partition coefficient (Wildman–Crippen LogP) is 5.73. The minimum atomic E-state index is -0.478. The molecule has 0 radical (unpaired) electrons. The number of hydrogen-bond acceptors (Lipinski definition) is 5. The fourth-order valence-corrected chi connectivity index (χ4v) is 4.20. The predicted molar refractivity (Wildman–Crippen MR) is 114 cm³/mol. The highest BCUT2D eigenvalue weighted by Gasteiger charge is 2.43. The number of aromatic nitrogens is 2. The lowest BCUT2D eigenvalue weighted by atomic mass is 9.77. The first kappa shape index (κ1) is 21.1. The van der Waals surface area contributed by atoms with Crippen molar-refractivity contribution in [2.45, 2.75) is 57.7 Å². The average Bonchev–Trinajstić information content (AvgIpc) is 2.58. The van der Waals surface area contributed by atoms with Crippen molar-refractivity contribution >= 4 is 40.7 Å². The maximum atomic E-state index is 14.4. The SMILES string of the molecule is CN1C(C)(C)CC(Nc2nc(Nc3ccc(Cl)c(Cl)c3)ncc2F)CC1(C)C. The molecule has 0 amide bonds. The molecule has 2 heterocycles. The van der Waals surface area contributed by atoms with E-state index in [2.05, 4.69) is 60.2 Å². The lowest BCUT2D eigenvalue weighted by Gasteiger charge is -2.53. The molecular weight excluding hydrogens is 400 g/mol. The summed E-state index contributed by atoms with van der Waals surface area (Å²) in [7, 11) is 2.14. The Morgan fingerprint density at radius 1 is 1.11 bits per heavy atom. The molecule has 0 aliphatic carbocycles. The second-order valence-corrected chi connectivity index (χ2v) is 9.39. The molecule has 8 heteroatoms. The Hall–Kier alpha value is -1.63. The van der Waals surface area contributed by atoms with Crippen LogP contribution in [0.2, 0.25) is 10.0 Å². The summed E-state index contributed by atoms with van der Waals surface area (Å²) in [4.78, 5) is 10.7. The van der Waals surface area contributed by atoms with Gasteiger partial charge >= 0.3 is 0 Å². The van der Waals surface area contributed by atoms with Crippen LogP contribution in [0.25, 0.3) is 0 Å². The van der Waals surface area contributed by atoms with Gasteiger partial charge in [0, 0.05) is 22.8 Å². The van der Waals surface area contributed by atoms with Gasteiger partial charge in [-0.1, -0.05) is 23.2 Å². The quantitative estimate of drug-likeness (QED) is 0.654. The number of nitrogens with zero attached hydrogens (tertiary/aromatic N) is 3. The molecule has 1 aromatic heterocycles. The summed E-state index contributed by atoms with van der Waals surface area (Å²) >= 11 is 12.0. The largest absolute Gasteiger partial charge is 0.365 e. The van der Waals surface area contributed by atoms with Crippen LogP contribution in [0.1, 0.15) is 40.5 Å². The van der Waals surface area contributed by atoms with Crippen LogP contribution in [0.4, 0.5) is 21.8 Å². The summed E-state index contributed by atoms with van der Waals surface area (Å²) in [5.41, 5.74) is 0.655. The van der Waals surface area contributed by atoms with E-state index >= 15 is 0 Å². The lowest BCUT2D eigenvalue weighted by molar-refractivity contribution is -0.00778. The van der Waals surface area contributed by atoms with Crippen molar-refractivity contribution in [3.05, 3.63) is 40.3 Å². The van der Waals surface area contributed by atoms with E-state index in [1.165, 1.54) is 6.20 Å². The summed E-state index contributed by atoms with van der Waals surface area (Å²) in [6.45, 7) is 8.82. The van der Waals surface area contributed by atoms with Gasteiger partial charge in [-0.05, 0) is 65.8 Å². The van der Waals surface area contributed by atoms with E-state index in [-0.39, 0.29) is 28.9 Å². The summed E-state index contributed by atoms with van der Waals surface area (Å²) < 4.78 is 14.4. The van der Waals surface area contributed by atoms with Crippen molar-refractivity contribution in [2.24, 2.45) is 0 Å². The molecule has 1 fully saturated rings. The van der Waals surface area contributed by atoms with Gasteiger partial charge in [0.1, 0.15) is 0 Å². The third kappa shape index (κ3) is 4.50. The Labute approximate surface area is 175 Å². The molecule has 2 aromatic rings. The van der Waals surface area contributed by atoms with Gasteiger partial charge in [0.05, 0.1) is 16.2 Å². The average molecular weight is 426 g/mol. The molecule has 1 aliphatic heterocycles. The van der Waals surface area contributed by atoms with Crippen LogP contribution in [-0.2, 0) is 0 Å². The highest BCUT2D eigenvalue weighted by Crippen LogP contribution is 2.38. The number of likely N-dealkylation sites (tertiary alicyclic amines) is 1. The van der Waals surface area contributed by atoms with Gasteiger partial charge in [0.15, 0.2) is 11.6 Å². The van der Waals surface area contributed by atoms with Crippen LogP contribution < -0.4 is 10.6 Å². The molecule has 5 nitrogen and oxygen atoms in total. The Kier molecular flexibility index (Phi) is 5.76. The smallest absolute Gasteiger partial charge is 0.229 e. The van der Waals surface area contributed by atoms with E-state index in [1.54, 1.807) is 18.2 Å². The van der Waals surface area contributed by atoms with E-state index in [1.807, 2.05) is 0 Å². The van der Waals surface area contributed by atoms with Crippen LogP contribution in [0.5, 0.6) is 0 Å². The maximum Gasteiger partial charge on any atom is 0.229 e. The van der Waals surface area contributed by atoms with Crippen molar-refractivity contribution in [3.63, 3.8) is 0 Å². The van der Waals surface area contributed by atoms with Crippen molar-refractivity contribution in [1.29, 1.82) is 0 Å². The van der Waals surface area contributed by atoms with Crippen LogP contribution >= 0.6 is 23.2 Å². The van der Waals surface area contributed by atoms with Crippen LogP contribution in [0.15, 0.2) is 24.4 Å². The van der Waals surface area contributed by atoms with Crippen molar-refractivity contribution in [2.75, 3.05) is 17.7 Å². The van der Waals surface area contributed by atoms with Gasteiger partial charge in [-0.3, -0.25) is 4.90 Å². The molecule has 0 saturated carbocycles. The van der Waals surface area contributed by atoms with Crippen molar-refractivity contribution < 1.29 is 4.39 Å². The number of piperidine rings is 1. The highest BCUT2D eigenvalue weighted by molar-refractivity contribution is 6.42. The third-order valence-electron chi connectivity index (χ3n) is 5.57. The number of rotatable bonds is 4. The minimum Gasteiger partial charge on any atom is -0.365 e. The van der Waals surface area contributed by atoms with Gasteiger partial charge in [0.25, 0.3) is 0 Å². The fraction of sp³-hybridized carbons (Fsp3) is 0.500. The standard InChI is InChI=1S/C20H26Cl2FN5/c1-19(2)9-13(10-20(3,4)28(19)5)25-17-16(23)11-24-18(27-17)26-12-6-7-14(21)15(22)8-12/h6-8,11,13H,9-10H2,1-5H3,(H2,24,25,26,27). The molecule has 152 valence electrons. The Morgan fingerprint density at radius 3 is 2.36 bits per heavy atom. The molecule has 0 bridgehead atoms. The maximum absolute atomic E-state index is 14.4. The van der Waals surface area contributed by atoms with Gasteiger partial charge in [-0.2, -0.15) is 4.98 Å². The van der Waals surface area contributed by atoms with Crippen LogP contribution in [0, 0.1) is 5.82 Å². The molecule has 1 aliphatic rings. The molecule has 2 N–H and O–H groups in total. The Balaban J connectivity index is 1.79. The zero-order valence-electron chi connectivity index (χ0n) is 16.8. The number of anilines is 3. The van der Waals surface area contributed by atoms with Gasteiger partial charge in [0.2, 0.25) is 5.95 Å². The number of hydrogen-bond donors (Lipinski definition) is 2. The summed E-state index contributed by atoms with van der Waals surface area (Å²) in [5, 5.41) is 7.20. The van der Waals surface area contributed by atoms with E-state index < -0.39 is 5.82 Å². The first-order valence-corrected chi connectivity index (χ1v) is 9.99. The Bertz CT molecular complexity index is 854.